The minimum Gasteiger partial charge on any atom is -0.342 e. The number of nitriles is 1. The molecule has 0 radical (unpaired) electrons. The first kappa shape index (κ1) is 12.9. The van der Waals surface area contributed by atoms with Crippen molar-refractivity contribution >= 4 is 22.6 Å². The second-order valence-corrected chi connectivity index (χ2v) is 4.70. The lowest BCUT2D eigenvalue weighted by atomic mass is 10.1. The van der Waals surface area contributed by atoms with Gasteiger partial charge in [-0.15, -0.1) is 0 Å². The Morgan fingerprint density at radius 1 is 1.29 bits per heavy atom. The smallest absolute Gasteiger partial charge is 0.255 e. The van der Waals surface area contributed by atoms with Gasteiger partial charge in [0.05, 0.1) is 22.7 Å². The van der Waals surface area contributed by atoms with Gasteiger partial charge in [-0.25, -0.2) is 4.98 Å². The van der Waals surface area contributed by atoms with E-state index in [0.29, 0.717) is 16.8 Å². The maximum Gasteiger partial charge on any atom is 0.255 e. The second kappa shape index (κ2) is 5.10. The number of H-pyrrole nitrogens is 1. The summed E-state index contributed by atoms with van der Waals surface area (Å²) >= 11 is 0. The van der Waals surface area contributed by atoms with E-state index in [1.54, 1.807) is 42.5 Å². The molecule has 0 bridgehead atoms. The highest BCUT2D eigenvalue weighted by atomic mass is 16.1. The number of hydrogen-bond donors (Lipinski definition) is 2. The van der Waals surface area contributed by atoms with Crippen molar-refractivity contribution < 1.29 is 4.79 Å². The van der Waals surface area contributed by atoms with Gasteiger partial charge in [-0.1, -0.05) is 6.07 Å². The third-order valence-corrected chi connectivity index (χ3v) is 3.11. The summed E-state index contributed by atoms with van der Waals surface area (Å²) in [6.07, 6.45) is 0. The van der Waals surface area contributed by atoms with Gasteiger partial charge in [0, 0.05) is 11.3 Å². The molecule has 1 heterocycles. The van der Waals surface area contributed by atoms with Gasteiger partial charge in [-0.2, -0.15) is 5.26 Å². The lowest BCUT2D eigenvalue weighted by Crippen LogP contribution is -2.11. The molecule has 0 aliphatic carbocycles. The molecule has 1 amide bonds. The van der Waals surface area contributed by atoms with Gasteiger partial charge in [0.25, 0.3) is 5.91 Å². The number of aryl methyl sites for hydroxylation is 1. The van der Waals surface area contributed by atoms with E-state index in [0.717, 1.165) is 16.9 Å². The minimum atomic E-state index is -0.223. The Bertz CT molecular complexity index is 873. The lowest BCUT2D eigenvalue weighted by Gasteiger charge is -2.05. The zero-order chi connectivity index (χ0) is 14.8. The molecule has 0 spiro atoms. The van der Waals surface area contributed by atoms with E-state index in [4.69, 9.17) is 5.26 Å². The van der Waals surface area contributed by atoms with Crippen LogP contribution in [0.25, 0.3) is 11.0 Å². The SMILES string of the molecule is Cc1nc2ccc(C(=O)Nc3cccc(C#N)c3)cc2[nH]1. The molecular weight excluding hydrogens is 264 g/mol. The predicted octanol–water partition coefficient (Wildman–Crippen LogP) is 3.00. The van der Waals surface area contributed by atoms with Crippen molar-refractivity contribution in [3.05, 3.63) is 59.4 Å². The first-order valence-corrected chi connectivity index (χ1v) is 6.43. The number of nitrogens with one attached hydrogen (secondary N) is 2. The lowest BCUT2D eigenvalue weighted by molar-refractivity contribution is 0.102. The second-order valence-electron chi connectivity index (χ2n) is 4.70. The van der Waals surface area contributed by atoms with E-state index in [1.807, 2.05) is 13.0 Å². The number of fused-ring (bicyclic) bond motifs is 1. The van der Waals surface area contributed by atoms with Crippen LogP contribution in [0, 0.1) is 18.3 Å². The zero-order valence-electron chi connectivity index (χ0n) is 11.3. The van der Waals surface area contributed by atoms with Crippen LogP contribution >= 0.6 is 0 Å². The summed E-state index contributed by atoms with van der Waals surface area (Å²) in [5.74, 6) is 0.587. The maximum atomic E-state index is 12.2. The molecule has 0 unspecified atom stereocenters. The number of hydrogen-bond acceptors (Lipinski definition) is 3. The van der Waals surface area contributed by atoms with Crippen molar-refractivity contribution in [3.63, 3.8) is 0 Å². The van der Waals surface area contributed by atoms with Gasteiger partial charge in [0.2, 0.25) is 0 Å². The normalized spacial score (nSPS) is 10.3. The van der Waals surface area contributed by atoms with E-state index in [1.165, 1.54) is 0 Å². The number of aromatic nitrogens is 2. The molecule has 1 aromatic heterocycles. The van der Waals surface area contributed by atoms with Crippen LogP contribution in [0.1, 0.15) is 21.7 Å². The summed E-state index contributed by atoms with van der Waals surface area (Å²) in [5, 5.41) is 11.6. The molecule has 0 saturated carbocycles. The molecule has 0 saturated heterocycles. The molecule has 0 atom stereocenters. The van der Waals surface area contributed by atoms with Crippen LogP contribution in [0.5, 0.6) is 0 Å². The molecule has 5 heteroatoms. The summed E-state index contributed by atoms with van der Waals surface area (Å²) < 4.78 is 0. The monoisotopic (exact) mass is 276 g/mol. The molecule has 3 aromatic rings. The number of aromatic amines is 1. The van der Waals surface area contributed by atoms with Crippen LogP contribution in [-0.4, -0.2) is 15.9 Å². The first-order chi connectivity index (χ1) is 10.2. The van der Waals surface area contributed by atoms with Gasteiger partial charge >= 0.3 is 0 Å². The largest absolute Gasteiger partial charge is 0.342 e. The summed E-state index contributed by atoms with van der Waals surface area (Å²) in [4.78, 5) is 19.6. The van der Waals surface area contributed by atoms with Crippen molar-refractivity contribution in [2.24, 2.45) is 0 Å². The molecule has 2 N–H and O–H groups in total. The van der Waals surface area contributed by atoms with Gasteiger partial charge < -0.3 is 10.3 Å². The van der Waals surface area contributed by atoms with Gasteiger partial charge in [-0.3, -0.25) is 4.79 Å². The quantitative estimate of drug-likeness (QED) is 0.754. The molecule has 21 heavy (non-hydrogen) atoms. The van der Waals surface area contributed by atoms with Crippen molar-refractivity contribution in [1.82, 2.24) is 9.97 Å². The predicted molar refractivity (Wildman–Crippen MR) is 79.9 cm³/mol. The standard InChI is InChI=1S/C16H12N4O/c1-10-18-14-6-5-12(8-15(14)19-10)16(21)20-13-4-2-3-11(7-13)9-17/h2-8H,1H3,(H,18,19)(H,20,21). The highest BCUT2D eigenvalue weighted by Crippen LogP contribution is 2.16. The third kappa shape index (κ3) is 2.60. The van der Waals surface area contributed by atoms with Crippen LogP contribution in [0.4, 0.5) is 5.69 Å². The fourth-order valence-electron chi connectivity index (χ4n) is 2.15. The van der Waals surface area contributed by atoms with Crippen LogP contribution in [0.15, 0.2) is 42.5 Å². The Morgan fingerprint density at radius 2 is 2.14 bits per heavy atom. The Labute approximate surface area is 121 Å². The van der Waals surface area contributed by atoms with Crippen molar-refractivity contribution in [2.75, 3.05) is 5.32 Å². The molecular formula is C16H12N4O. The van der Waals surface area contributed by atoms with Crippen molar-refractivity contribution in [1.29, 1.82) is 5.26 Å². The topological polar surface area (TPSA) is 81.6 Å². The van der Waals surface area contributed by atoms with Gasteiger partial charge in [0.15, 0.2) is 0 Å². The molecule has 102 valence electrons. The van der Waals surface area contributed by atoms with E-state index in [-0.39, 0.29) is 5.91 Å². The number of carbonyl (C=O) groups excluding carboxylic acids is 1. The van der Waals surface area contributed by atoms with E-state index < -0.39 is 0 Å². The van der Waals surface area contributed by atoms with Crippen LogP contribution in [0.2, 0.25) is 0 Å². The van der Waals surface area contributed by atoms with Crippen molar-refractivity contribution in [2.45, 2.75) is 6.92 Å². The third-order valence-electron chi connectivity index (χ3n) is 3.11. The summed E-state index contributed by atoms with van der Waals surface area (Å²) in [7, 11) is 0. The number of rotatable bonds is 2. The highest BCUT2D eigenvalue weighted by molar-refractivity contribution is 6.06. The van der Waals surface area contributed by atoms with Gasteiger partial charge in [0.1, 0.15) is 5.82 Å². The minimum absolute atomic E-state index is 0.223. The number of anilines is 1. The summed E-state index contributed by atoms with van der Waals surface area (Å²) in [6.45, 7) is 1.87. The molecule has 0 fully saturated rings. The number of nitrogens with zero attached hydrogens (tertiary/aromatic N) is 2. The maximum absolute atomic E-state index is 12.2. The fraction of sp³-hybridized carbons (Fsp3) is 0.0625. The van der Waals surface area contributed by atoms with Crippen molar-refractivity contribution in [3.8, 4) is 6.07 Å². The zero-order valence-corrected chi connectivity index (χ0v) is 11.3. The number of amides is 1. The van der Waals surface area contributed by atoms with Crippen LogP contribution in [0.3, 0.4) is 0 Å². The van der Waals surface area contributed by atoms with E-state index in [2.05, 4.69) is 15.3 Å². The van der Waals surface area contributed by atoms with E-state index >= 15 is 0 Å². The Morgan fingerprint density at radius 3 is 2.95 bits per heavy atom. The fourth-order valence-corrected chi connectivity index (χ4v) is 2.15. The van der Waals surface area contributed by atoms with E-state index in [9.17, 15) is 4.79 Å². The number of carbonyl (C=O) groups is 1. The van der Waals surface area contributed by atoms with Gasteiger partial charge in [-0.05, 0) is 43.3 Å². The summed E-state index contributed by atoms with van der Waals surface area (Å²) in [6, 6.07) is 14.1. The summed E-state index contributed by atoms with van der Waals surface area (Å²) in [5.41, 5.74) is 3.29. The molecule has 2 aromatic carbocycles. The average molecular weight is 276 g/mol. The molecule has 5 nitrogen and oxygen atoms in total. The molecule has 0 aliphatic rings. The Kier molecular flexibility index (Phi) is 3.13. The first-order valence-electron chi connectivity index (χ1n) is 6.43. The average Bonchev–Trinajstić information content (AvgIpc) is 2.86. The Hall–Kier alpha value is -3.13. The molecule has 3 rings (SSSR count). The number of imidazole rings is 1. The van der Waals surface area contributed by atoms with Crippen LogP contribution in [-0.2, 0) is 0 Å². The number of benzene rings is 2. The molecule has 0 aliphatic heterocycles. The van der Waals surface area contributed by atoms with Crippen LogP contribution < -0.4 is 5.32 Å². The highest BCUT2D eigenvalue weighted by Gasteiger charge is 2.09. The Balaban J connectivity index is 1.87.